The van der Waals surface area contributed by atoms with Crippen LogP contribution in [0.4, 0.5) is 5.69 Å². The molecule has 1 aliphatic heterocycles. The van der Waals surface area contributed by atoms with Gasteiger partial charge in [0.25, 0.3) is 0 Å². The molecule has 0 N–H and O–H groups in total. The number of amides is 1. The van der Waals surface area contributed by atoms with E-state index in [9.17, 15) is 4.79 Å². The summed E-state index contributed by atoms with van der Waals surface area (Å²) in [6.45, 7) is 2.78. The Hall–Kier alpha value is -1.03. The van der Waals surface area contributed by atoms with Gasteiger partial charge in [-0.15, -0.1) is 0 Å². The average Bonchev–Trinajstić information content (AvgIpc) is 2.70. The quantitative estimate of drug-likeness (QED) is 0.803. The Kier molecular flexibility index (Phi) is 3.72. The van der Waals surface area contributed by atoms with Crippen LogP contribution < -0.4 is 9.64 Å². The minimum absolute atomic E-state index is 0.182. The number of para-hydroxylation sites is 1. The molecule has 3 nitrogen and oxygen atoms in total. The number of benzene rings is 1. The number of carbonyl (C=O) groups is 1. The highest BCUT2D eigenvalue weighted by Crippen LogP contribution is 2.36. The number of ether oxygens (including phenoxy) is 1. The highest BCUT2D eigenvalue weighted by atomic mass is 79.9. The third-order valence-corrected chi connectivity index (χ3v) is 4.03. The number of methoxy groups -OCH3 is 1. The summed E-state index contributed by atoms with van der Waals surface area (Å²) in [6.07, 6.45) is 0.614. The van der Waals surface area contributed by atoms with Crippen molar-refractivity contribution in [1.82, 2.24) is 0 Å². The van der Waals surface area contributed by atoms with Crippen molar-refractivity contribution in [3.05, 3.63) is 23.8 Å². The molecule has 0 aromatic heterocycles. The van der Waals surface area contributed by atoms with Gasteiger partial charge in [0.2, 0.25) is 5.91 Å². The van der Waals surface area contributed by atoms with Crippen LogP contribution >= 0.6 is 15.9 Å². The van der Waals surface area contributed by atoms with Gasteiger partial charge in [0.1, 0.15) is 5.75 Å². The Morgan fingerprint density at radius 1 is 1.53 bits per heavy atom. The maximum absolute atomic E-state index is 12.0. The number of nitrogens with zero attached hydrogens (tertiary/aromatic N) is 1. The number of halogens is 1. The molecule has 92 valence electrons. The summed E-state index contributed by atoms with van der Waals surface area (Å²) >= 11 is 3.45. The molecule has 0 saturated carbocycles. The van der Waals surface area contributed by atoms with Crippen molar-refractivity contribution in [2.24, 2.45) is 5.92 Å². The van der Waals surface area contributed by atoms with E-state index < -0.39 is 0 Å². The third kappa shape index (κ3) is 2.32. The SMILES string of the molecule is COc1cccc(C)c1N1CC(CBr)CC1=O. The molecule has 1 saturated heterocycles. The molecule has 1 heterocycles. The zero-order valence-electron chi connectivity index (χ0n) is 10.1. The summed E-state index contributed by atoms with van der Waals surface area (Å²) in [7, 11) is 1.64. The van der Waals surface area contributed by atoms with E-state index in [1.54, 1.807) is 7.11 Å². The van der Waals surface area contributed by atoms with Crippen LogP contribution in [0.15, 0.2) is 18.2 Å². The minimum Gasteiger partial charge on any atom is -0.495 e. The predicted molar refractivity (Wildman–Crippen MR) is 72.0 cm³/mol. The van der Waals surface area contributed by atoms with Crippen LogP contribution in [0.5, 0.6) is 5.75 Å². The van der Waals surface area contributed by atoms with Crippen molar-refractivity contribution in [2.45, 2.75) is 13.3 Å². The number of carbonyl (C=O) groups excluding carboxylic acids is 1. The Bertz CT molecular complexity index is 433. The first-order chi connectivity index (χ1) is 8.17. The second-order valence-electron chi connectivity index (χ2n) is 4.35. The first kappa shape index (κ1) is 12.4. The fourth-order valence-corrected chi connectivity index (χ4v) is 2.68. The van der Waals surface area contributed by atoms with E-state index in [-0.39, 0.29) is 5.91 Å². The molecule has 1 amide bonds. The molecule has 0 spiro atoms. The fourth-order valence-electron chi connectivity index (χ4n) is 2.24. The second-order valence-corrected chi connectivity index (χ2v) is 5.00. The van der Waals surface area contributed by atoms with Gasteiger partial charge in [-0.3, -0.25) is 4.79 Å². The first-order valence-electron chi connectivity index (χ1n) is 5.67. The smallest absolute Gasteiger partial charge is 0.227 e. The molecule has 1 aliphatic rings. The Morgan fingerprint density at radius 3 is 2.88 bits per heavy atom. The highest BCUT2D eigenvalue weighted by molar-refractivity contribution is 9.09. The van der Waals surface area contributed by atoms with Crippen LogP contribution in [0, 0.1) is 12.8 Å². The second kappa shape index (κ2) is 5.08. The molecule has 1 fully saturated rings. The lowest BCUT2D eigenvalue weighted by molar-refractivity contribution is -0.117. The largest absolute Gasteiger partial charge is 0.495 e. The van der Waals surface area contributed by atoms with E-state index in [0.29, 0.717) is 12.3 Å². The number of anilines is 1. The normalized spacial score (nSPS) is 19.8. The zero-order valence-corrected chi connectivity index (χ0v) is 11.7. The summed E-state index contributed by atoms with van der Waals surface area (Å²) in [5.41, 5.74) is 2.00. The van der Waals surface area contributed by atoms with Gasteiger partial charge in [0.05, 0.1) is 12.8 Å². The van der Waals surface area contributed by atoms with Gasteiger partial charge in [-0.2, -0.15) is 0 Å². The maximum atomic E-state index is 12.0. The van der Waals surface area contributed by atoms with Crippen LogP contribution in [0.1, 0.15) is 12.0 Å². The van der Waals surface area contributed by atoms with Gasteiger partial charge in [-0.25, -0.2) is 0 Å². The molecule has 4 heteroatoms. The van der Waals surface area contributed by atoms with E-state index in [4.69, 9.17) is 4.74 Å². The summed E-state index contributed by atoms with van der Waals surface area (Å²) in [4.78, 5) is 13.9. The monoisotopic (exact) mass is 297 g/mol. The van der Waals surface area contributed by atoms with Crippen LogP contribution in [0.3, 0.4) is 0 Å². The van der Waals surface area contributed by atoms with Crippen LogP contribution in [-0.4, -0.2) is 24.9 Å². The van der Waals surface area contributed by atoms with Crippen LogP contribution in [-0.2, 0) is 4.79 Å². The van der Waals surface area contributed by atoms with Gasteiger partial charge in [0, 0.05) is 18.3 Å². The molecular formula is C13H16BrNO2. The van der Waals surface area contributed by atoms with Crippen LogP contribution in [0.25, 0.3) is 0 Å². The number of hydrogen-bond donors (Lipinski definition) is 0. The molecule has 1 atom stereocenters. The van der Waals surface area contributed by atoms with Crippen LogP contribution in [0.2, 0.25) is 0 Å². The highest BCUT2D eigenvalue weighted by Gasteiger charge is 2.32. The minimum atomic E-state index is 0.182. The van der Waals surface area contributed by atoms with Crippen molar-refractivity contribution in [3.63, 3.8) is 0 Å². The molecule has 17 heavy (non-hydrogen) atoms. The van der Waals surface area contributed by atoms with Crippen molar-refractivity contribution < 1.29 is 9.53 Å². The molecular weight excluding hydrogens is 282 g/mol. The van der Waals surface area contributed by atoms with Crippen molar-refractivity contribution in [1.29, 1.82) is 0 Å². The molecule has 1 unspecified atom stereocenters. The molecule has 0 radical (unpaired) electrons. The van der Waals surface area contributed by atoms with Gasteiger partial charge in [0.15, 0.2) is 0 Å². The molecule has 1 aromatic carbocycles. The Labute approximate surface area is 110 Å². The van der Waals surface area contributed by atoms with Gasteiger partial charge in [-0.05, 0) is 24.5 Å². The standard InChI is InChI=1S/C13H16BrNO2/c1-9-4-3-5-11(17-2)13(9)15-8-10(7-14)6-12(15)16/h3-5,10H,6-8H2,1-2H3. The predicted octanol–water partition coefficient (Wildman–Crippen LogP) is 2.75. The van der Waals surface area contributed by atoms with E-state index in [1.807, 2.05) is 30.0 Å². The lowest BCUT2D eigenvalue weighted by atomic mass is 10.1. The molecule has 0 bridgehead atoms. The number of alkyl halides is 1. The lowest BCUT2D eigenvalue weighted by Gasteiger charge is -2.21. The molecule has 0 aliphatic carbocycles. The fraction of sp³-hybridized carbons (Fsp3) is 0.462. The summed E-state index contributed by atoms with van der Waals surface area (Å²) in [5.74, 6) is 1.35. The zero-order chi connectivity index (χ0) is 12.4. The summed E-state index contributed by atoms with van der Waals surface area (Å²) < 4.78 is 5.35. The Balaban J connectivity index is 2.37. The van der Waals surface area contributed by atoms with E-state index in [2.05, 4.69) is 15.9 Å². The van der Waals surface area contributed by atoms with Crippen molar-refractivity contribution in [2.75, 3.05) is 23.9 Å². The van der Waals surface area contributed by atoms with Gasteiger partial charge in [-0.1, -0.05) is 28.1 Å². The Morgan fingerprint density at radius 2 is 2.29 bits per heavy atom. The first-order valence-corrected chi connectivity index (χ1v) is 6.79. The average molecular weight is 298 g/mol. The van der Waals surface area contributed by atoms with Gasteiger partial charge < -0.3 is 9.64 Å². The summed E-state index contributed by atoms with van der Waals surface area (Å²) in [6, 6.07) is 5.85. The lowest BCUT2D eigenvalue weighted by Crippen LogP contribution is -2.26. The molecule has 2 rings (SSSR count). The number of rotatable bonds is 3. The summed E-state index contributed by atoms with van der Waals surface area (Å²) in [5, 5.41) is 0.865. The number of aryl methyl sites for hydroxylation is 1. The third-order valence-electron chi connectivity index (χ3n) is 3.11. The van der Waals surface area contributed by atoms with Crippen molar-refractivity contribution in [3.8, 4) is 5.75 Å². The van der Waals surface area contributed by atoms with E-state index in [1.165, 1.54) is 0 Å². The number of hydrogen-bond acceptors (Lipinski definition) is 2. The van der Waals surface area contributed by atoms with E-state index in [0.717, 1.165) is 28.9 Å². The van der Waals surface area contributed by atoms with Gasteiger partial charge >= 0.3 is 0 Å². The topological polar surface area (TPSA) is 29.5 Å². The van der Waals surface area contributed by atoms with E-state index >= 15 is 0 Å². The maximum Gasteiger partial charge on any atom is 0.227 e. The molecule has 1 aromatic rings. The van der Waals surface area contributed by atoms with Crippen molar-refractivity contribution >= 4 is 27.5 Å².